The van der Waals surface area contributed by atoms with Gasteiger partial charge in [0.2, 0.25) is 0 Å². The molecule has 30 heavy (non-hydrogen) atoms. The van der Waals surface area contributed by atoms with E-state index >= 15 is 0 Å². The molecule has 0 bridgehead atoms. The molecule has 0 aliphatic heterocycles. The van der Waals surface area contributed by atoms with Gasteiger partial charge in [0.05, 0.1) is 30.9 Å². The minimum Gasteiger partial charge on any atom is -0.495 e. The lowest BCUT2D eigenvalue weighted by Crippen LogP contribution is -2.02. The number of carbonyl (C=O) groups excluding carboxylic acids is 1. The summed E-state index contributed by atoms with van der Waals surface area (Å²) in [6, 6.07) is 9.84. The van der Waals surface area contributed by atoms with Crippen molar-refractivity contribution in [2.24, 2.45) is 0 Å². The first-order valence-corrected chi connectivity index (χ1v) is 9.30. The summed E-state index contributed by atoms with van der Waals surface area (Å²) in [6.07, 6.45) is 1.30. The van der Waals surface area contributed by atoms with Gasteiger partial charge in [-0.05, 0) is 59.8 Å². The van der Waals surface area contributed by atoms with E-state index in [1.807, 2.05) is 26.0 Å². The van der Waals surface area contributed by atoms with E-state index in [9.17, 15) is 9.59 Å². The third kappa shape index (κ3) is 5.73. The van der Waals surface area contributed by atoms with Gasteiger partial charge >= 0.3 is 5.97 Å². The lowest BCUT2D eigenvalue weighted by molar-refractivity contribution is 0.0696. The molecule has 0 unspecified atom stereocenters. The number of hydrogen-bond donors (Lipinski definition) is 1. The van der Waals surface area contributed by atoms with E-state index in [4.69, 9.17) is 36.7 Å². The van der Waals surface area contributed by atoms with Crippen LogP contribution in [-0.2, 0) is 12.8 Å². The van der Waals surface area contributed by atoms with Crippen molar-refractivity contribution in [1.29, 1.82) is 10.5 Å². The molecule has 0 amide bonds. The second-order valence-corrected chi connectivity index (χ2v) is 6.29. The lowest BCUT2D eigenvalue weighted by atomic mass is 10.0. The predicted octanol–water partition coefficient (Wildman–Crippen LogP) is 4.34. The van der Waals surface area contributed by atoms with Crippen molar-refractivity contribution < 1.29 is 24.2 Å². The Morgan fingerprint density at radius 2 is 1.30 bits per heavy atom. The van der Waals surface area contributed by atoms with Crippen LogP contribution in [0.2, 0.25) is 0 Å². The topological polar surface area (TPSA) is 120 Å². The number of carbonyl (C=O) groups is 2. The Morgan fingerprint density at radius 1 is 0.900 bits per heavy atom. The monoisotopic (exact) mass is 428 g/mol. The van der Waals surface area contributed by atoms with E-state index in [2.05, 4.69) is 0 Å². The summed E-state index contributed by atoms with van der Waals surface area (Å²) in [5.74, 6) is -0.0597. The summed E-state index contributed by atoms with van der Waals surface area (Å²) < 4.78 is 10.2. The fraction of sp³-hybridized carbons (Fsp3) is 0.273. The molecule has 0 spiro atoms. The number of hydrogen-bond acceptors (Lipinski definition) is 6. The minimum atomic E-state index is -1.04. The maximum Gasteiger partial charge on any atom is 0.335 e. The lowest BCUT2D eigenvalue weighted by Gasteiger charge is -2.09. The van der Waals surface area contributed by atoms with Gasteiger partial charge in [0.1, 0.15) is 23.6 Å². The van der Waals surface area contributed by atoms with Gasteiger partial charge < -0.3 is 14.6 Å². The second kappa shape index (κ2) is 11.5. The highest BCUT2D eigenvalue weighted by atomic mass is 35.5. The van der Waals surface area contributed by atoms with E-state index in [-0.39, 0.29) is 11.1 Å². The van der Waals surface area contributed by atoms with Crippen LogP contribution in [0.1, 0.15) is 56.8 Å². The molecule has 8 heteroatoms. The summed E-state index contributed by atoms with van der Waals surface area (Å²) in [6.45, 7) is 3.80. The van der Waals surface area contributed by atoms with Gasteiger partial charge in [0, 0.05) is 5.56 Å². The van der Waals surface area contributed by atoms with Gasteiger partial charge in [-0.2, -0.15) is 10.5 Å². The quantitative estimate of drug-likeness (QED) is 0.679. The van der Waals surface area contributed by atoms with Crippen LogP contribution in [0.5, 0.6) is 11.5 Å². The molecule has 0 heterocycles. The van der Waals surface area contributed by atoms with Crippen LogP contribution in [0, 0.1) is 22.7 Å². The first-order chi connectivity index (χ1) is 14.3. The van der Waals surface area contributed by atoms with Crippen LogP contribution in [0.3, 0.4) is 0 Å². The number of rotatable bonds is 6. The highest BCUT2D eigenvalue weighted by Crippen LogP contribution is 2.27. The number of carboxylic acids is 1. The molecule has 156 valence electrons. The molecule has 0 aromatic heterocycles. The van der Waals surface area contributed by atoms with E-state index in [1.165, 1.54) is 32.4 Å². The molecule has 0 radical (unpaired) electrons. The van der Waals surface area contributed by atoms with Crippen molar-refractivity contribution in [1.82, 2.24) is 0 Å². The SMILES string of the molecule is CCc1cc(C(=O)Cl)cc(C#N)c1OC.CCc1cc(C(=O)O)cc(C#N)c1OC. The standard InChI is InChI=1S/C11H10ClNO2.C11H11NO3/c1-3-7-4-8(11(12)14)5-9(6-13)10(7)15-2;1-3-7-4-8(11(13)14)5-9(6-12)10(7)15-2/h4-5H,3H2,1-2H3;4-5H,3H2,1-2H3,(H,13,14). The first-order valence-electron chi connectivity index (χ1n) is 8.92. The molecule has 1 N–H and O–H groups in total. The minimum absolute atomic E-state index is 0.115. The zero-order valence-corrected chi connectivity index (χ0v) is 17.8. The summed E-state index contributed by atoms with van der Waals surface area (Å²) in [4.78, 5) is 21.8. The molecule has 0 fully saturated rings. The number of carboxylic acid groups (broad SMARTS) is 1. The Labute approximate surface area is 180 Å². The number of nitrogens with zero attached hydrogens (tertiary/aromatic N) is 2. The predicted molar refractivity (Wildman–Crippen MR) is 111 cm³/mol. The zero-order chi connectivity index (χ0) is 22.8. The molecule has 2 aromatic rings. The molecule has 2 rings (SSSR count). The van der Waals surface area contributed by atoms with Gasteiger partial charge in [-0.1, -0.05) is 13.8 Å². The van der Waals surface area contributed by atoms with E-state index in [0.29, 0.717) is 35.5 Å². The van der Waals surface area contributed by atoms with Crippen molar-refractivity contribution in [3.63, 3.8) is 0 Å². The summed E-state index contributed by atoms with van der Waals surface area (Å²) in [5.41, 5.74) is 2.57. The van der Waals surface area contributed by atoms with Crippen LogP contribution >= 0.6 is 11.6 Å². The van der Waals surface area contributed by atoms with Crippen molar-refractivity contribution in [3.8, 4) is 23.6 Å². The highest BCUT2D eigenvalue weighted by Gasteiger charge is 2.14. The fourth-order valence-electron chi connectivity index (χ4n) is 2.79. The molecule has 0 saturated heterocycles. The number of methoxy groups -OCH3 is 2. The van der Waals surface area contributed by atoms with Crippen molar-refractivity contribution >= 4 is 22.8 Å². The fourth-order valence-corrected chi connectivity index (χ4v) is 2.90. The molecule has 0 atom stereocenters. The van der Waals surface area contributed by atoms with E-state index < -0.39 is 11.2 Å². The Hall–Kier alpha value is -3.55. The van der Waals surface area contributed by atoms with Gasteiger partial charge in [-0.25, -0.2) is 4.79 Å². The first kappa shape index (κ1) is 24.5. The molecular formula is C22H21ClN2O5. The third-order valence-corrected chi connectivity index (χ3v) is 4.43. The summed E-state index contributed by atoms with van der Waals surface area (Å²) in [5, 5.41) is 26.0. The smallest absolute Gasteiger partial charge is 0.335 e. The molecule has 0 saturated carbocycles. The Balaban J connectivity index is 0.000000300. The normalized spacial score (nSPS) is 9.43. The van der Waals surface area contributed by atoms with Crippen molar-refractivity contribution in [2.75, 3.05) is 14.2 Å². The third-order valence-electron chi connectivity index (χ3n) is 4.22. The van der Waals surface area contributed by atoms with Gasteiger partial charge in [-0.15, -0.1) is 0 Å². The number of aryl methyl sites for hydroxylation is 2. The maximum atomic E-state index is 11.0. The Kier molecular flexibility index (Phi) is 9.35. The number of nitriles is 2. The number of ether oxygens (including phenoxy) is 2. The van der Waals surface area contributed by atoms with Gasteiger partial charge in [0.15, 0.2) is 0 Å². The number of benzene rings is 2. The van der Waals surface area contributed by atoms with E-state index in [1.54, 1.807) is 6.07 Å². The molecule has 0 aliphatic carbocycles. The molecule has 7 nitrogen and oxygen atoms in total. The Morgan fingerprint density at radius 3 is 1.60 bits per heavy atom. The largest absolute Gasteiger partial charge is 0.495 e. The zero-order valence-electron chi connectivity index (χ0n) is 17.1. The van der Waals surface area contributed by atoms with Crippen molar-refractivity contribution in [3.05, 3.63) is 57.6 Å². The van der Waals surface area contributed by atoms with Gasteiger partial charge in [-0.3, -0.25) is 4.79 Å². The summed E-state index contributed by atoms with van der Waals surface area (Å²) in [7, 11) is 2.97. The average Bonchev–Trinajstić information content (AvgIpc) is 2.76. The van der Waals surface area contributed by atoms with Crippen LogP contribution in [0.4, 0.5) is 0 Å². The number of aromatic carboxylic acids is 1. The summed E-state index contributed by atoms with van der Waals surface area (Å²) >= 11 is 5.37. The van der Waals surface area contributed by atoms with Crippen LogP contribution in [-0.4, -0.2) is 30.5 Å². The van der Waals surface area contributed by atoms with Crippen LogP contribution in [0.25, 0.3) is 0 Å². The van der Waals surface area contributed by atoms with Crippen LogP contribution in [0.15, 0.2) is 24.3 Å². The molecular weight excluding hydrogens is 408 g/mol. The maximum absolute atomic E-state index is 11.0. The molecule has 0 aliphatic rings. The second-order valence-electron chi connectivity index (χ2n) is 5.94. The number of halogens is 1. The molecule has 2 aromatic carbocycles. The highest BCUT2D eigenvalue weighted by molar-refractivity contribution is 6.67. The average molecular weight is 429 g/mol. The van der Waals surface area contributed by atoms with Crippen molar-refractivity contribution in [2.45, 2.75) is 26.7 Å². The van der Waals surface area contributed by atoms with Crippen LogP contribution < -0.4 is 9.47 Å². The van der Waals surface area contributed by atoms with Gasteiger partial charge in [0.25, 0.3) is 5.24 Å². The van der Waals surface area contributed by atoms with E-state index in [0.717, 1.165) is 11.1 Å². The Bertz CT molecular complexity index is 952.